The number of carbonyl (C=O) groups excluding carboxylic acids is 2. The van der Waals surface area contributed by atoms with Crippen LogP contribution in [0, 0.1) is 0 Å². The zero-order valence-corrected chi connectivity index (χ0v) is 34.7. The average molecular weight is 854 g/mol. The van der Waals surface area contributed by atoms with Crippen molar-refractivity contribution in [2.45, 2.75) is 102 Å². The maximum absolute atomic E-state index is 12.5. The van der Waals surface area contributed by atoms with Crippen molar-refractivity contribution < 1.29 is 35.1 Å². The van der Waals surface area contributed by atoms with Crippen molar-refractivity contribution in [1.82, 2.24) is 25.5 Å². The number of hydrogen-bond acceptors (Lipinski definition) is 14. The minimum absolute atomic E-state index is 0. The molecule has 5 atom stereocenters. The summed E-state index contributed by atoms with van der Waals surface area (Å²) in [4.78, 5) is 38.8. The second kappa shape index (κ2) is 26.2. The number of halogens is 2. The fourth-order valence-corrected chi connectivity index (χ4v) is 6.65. The van der Waals surface area contributed by atoms with Gasteiger partial charge in [0.1, 0.15) is 18.3 Å². The Bertz CT molecular complexity index is 1760. The van der Waals surface area contributed by atoms with Gasteiger partial charge in [0, 0.05) is 13.1 Å². The molecule has 0 aliphatic carbocycles. The van der Waals surface area contributed by atoms with Crippen molar-refractivity contribution >= 4 is 64.2 Å². The third-order valence-corrected chi connectivity index (χ3v) is 10.1. The first-order valence-corrected chi connectivity index (χ1v) is 19.9. The lowest BCUT2D eigenvalue weighted by Gasteiger charge is -2.30. The molecule has 0 saturated heterocycles. The molecule has 58 heavy (non-hydrogen) atoms. The van der Waals surface area contributed by atoms with E-state index in [0.717, 1.165) is 54.9 Å². The second-order valence-electron chi connectivity index (χ2n) is 14.2. The summed E-state index contributed by atoms with van der Waals surface area (Å²) >= 11 is 5.86. The zero-order chi connectivity index (χ0) is 41.9. The van der Waals surface area contributed by atoms with E-state index in [9.17, 15) is 30.0 Å². The van der Waals surface area contributed by atoms with Crippen LogP contribution in [0.3, 0.4) is 0 Å². The Hall–Kier alpha value is -3.91. The molecule has 1 aromatic heterocycles. The molecule has 324 valence electrons. The maximum atomic E-state index is 12.5. The van der Waals surface area contributed by atoms with E-state index >= 15 is 0 Å². The number of unbranched alkanes of at least 4 members (excludes halogenated alkanes) is 4. The largest absolute Gasteiger partial charge is 0.394 e. The first-order chi connectivity index (χ1) is 27.3. The lowest BCUT2D eigenvalue weighted by atomic mass is 9.93. The van der Waals surface area contributed by atoms with Crippen LogP contribution >= 0.6 is 24.0 Å². The highest BCUT2D eigenvalue weighted by molar-refractivity contribution is 6.31. The van der Waals surface area contributed by atoms with E-state index in [-0.39, 0.29) is 47.4 Å². The van der Waals surface area contributed by atoms with Gasteiger partial charge in [-0.3, -0.25) is 19.9 Å². The summed E-state index contributed by atoms with van der Waals surface area (Å²) in [5.74, 6) is -1.49. The molecule has 19 heteroatoms. The number of aryl methyl sites for hydroxylation is 2. The third kappa shape index (κ3) is 16.0. The molecule has 0 aliphatic heterocycles. The van der Waals surface area contributed by atoms with Gasteiger partial charge >= 0.3 is 0 Å². The van der Waals surface area contributed by atoms with Gasteiger partial charge in [0.05, 0.1) is 18.8 Å². The standard InChI is InChI=1S/C39H61ClN10O7.ClH/c1-2-3-4-9-20-50(22-29(52)32(54)33(55)30(53)23-51)21-10-19-45-28(37(43)56)17-16-25-15-14-24(26-12-5-6-13-27(25)26)11-7-8-18-46-39(44)49-38(57)31-35(41)48-36(42)34(40)47-31;/h5-6,12-15,28-30,32-33,45,51-55H,2-4,7-11,16-23H2,1H3,(H2,43,56)(H4,41,42,48)(H3,44,46,49,57);1H/t28?,29-,30+,32+,33+;/m0./s1. The molecule has 0 spiro atoms. The number of nitrogen functional groups attached to an aromatic ring is 2. The number of aliphatic imine (C=N–C) groups is 1. The Balaban J connectivity index is 0.0000116. The van der Waals surface area contributed by atoms with Gasteiger partial charge < -0.3 is 58.7 Å². The topological polar surface area (TPSA) is 305 Å². The Morgan fingerprint density at radius 3 is 2.12 bits per heavy atom. The SMILES string of the molecule is CCCCCCN(CCCNC(CCc1ccc(CCCCN=C(N)NC(=O)c2nc(Cl)c(N)nc2N)c2ccccc12)C(N)=O)C[C@H](O)[C@@H](O)[C@H](O)[C@H](O)CO.Cl. The molecule has 0 saturated carbocycles. The summed E-state index contributed by atoms with van der Waals surface area (Å²) < 4.78 is 0. The molecule has 3 aromatic rings. The van der Waals surface area contributed by atoms with Crippen molar-refractivity contribution in [1.29, 1.82) is 0 Å². The predicted molar refractivity (Wildman–Crippen MR) is 230 cm³/mol. The lowest BCUT2D eigenvalue weighted by Crippen LogP contribution is -2.50. The molecule has 2 amide bonds. The molecule has 0 bridgehead atoms. The van der Waals surface area contributed by atoms with Gasteiger partial charge in [-0.2, -0.15) is 0 Å². The minimum atomic E-state index is -1.68. The molecule has 1 unspecified atom stereocenters. The molecular weight excluding hydrogens is 791 g/mol. The number of nitrogens with one attached hydrogen (secondary N) is 2. The summed E-state index contributed by atoms with van der Waals surface area (Å²) in [7, 11) is 0. The van der Waals surface area contributed by atoms with Crippen molar-refractivity contribution in [2.75, 3.05) is 50.8 Å². The summed E-state index contributed by atoms with van der Waals surface area (Å²) in [5.41, 5.74) is 25.1. The molecular formula is C39H62Cl2N10O7. The fraction of sp³-hybridized carbons (Fsp3) is 0.564. The summed E-state index contributed by atoms with van der Waals surface area (Å²) in [6.45, 7) is 3.55. The number of benzene rings is 2. The van der Waals surface area contributed by atoms with Gasteiger partial charge in [0.25, 0.3) is 5.91 Å². The molecule has 0 fully saturated rings. The second-order valence-corrected chi connectivity index (χ2v) is 14.6. The highest BCUT2D eigenvalue weighted by atomic mass is 35.5. The Kier molecular flexibility index (Phi) is 22.7. The number of anilines is 2. The number of nitrogens with zero attached hydrogens (tertiary/aromatic N) is 4. The summed E-state index contributed by atoms with van der Waals surface area (Å²) in [5, 5.41) is 57.6. The van der Waals surface area contributed by atoms with E-state index in [4.69, 9.17) is 39.6 Å². The van der Waals surface area contributed by atoms with E-state index in [1.165, 1.54) is 5.56 Å². The number of rotatable bonds is 26. The van der Waals surface area contributed by atoms with Crippen LogP contribution < -0.4 is 33.6 Å². The number of aliphatic hydroxyl groups excluding tert-OH is 5. The van der Waals surface area contributed by atoms with Gasteiger partial charge in [-0.15, -0.1) is 12.4 Å². The van der Waals surface area contributed by atoms with Crippen molar-refractivity contribution in [3.63, 3.8) is 0 Å². The Morgan fingerprint density at radius 2 is 1.48 bits per heavy atom. The first-order valence-electron chi connectivity index (χ1n) is 19.5. The molecule has 17 nitrogen and oxygen atoms in total. The number of primary amides is 1. The Labute approximate surface area is 351 Å². The highest BCUT2D eigenvalue weighted by Crippen LogP contribution is 2.26. The highest BCUT2D eigenvalue weighted by Gasteiger charge is 2.31. The number of amides is 2. The maximum Gasteiger partial charge on any atom is 0.280 e. The van der Waals surface area contributed by atoms with Crippen LogP contribution in [0.25, 0.3) is 10.8 Å². The van der Waals surface area contributed by atoms with E-state index in [0.29, 0.717) is 51.9 Å². The summed E-state index contributed by atoms with van der Waals surface area (Å²) in [6, 6.07) is 11.8. The molecule has 3 rings (SSSR count). The van der Waals surface area contributed by atoms with Crippen molar-refractivity contribution in [3.8, 4) is 0 Å². The van der Waals surface area contributed by atoms with Crippen LogP contribution in [-0.4, -0.2) is 128 Å². The first kappa shape index (κ1) is 50.2. The number of aliphatic hydroxyl groups is 5. The number of guanidine groups is 1. The number of hydrogen-bond donors (Lipinski definition) is 11. The smallest absolute Gasteiger partial charge is 0.280 e. The van der Waals surface area contributed by atoms with Crippen LogP contribution in [0.5, 0.6) is 0 Å². The van der Waals surface area contributed by atoms with Gasteiger partial charge in [0.2, 0.25) is 5.91 Å². The number of nitrogens with two attached hydrogens (primary N) is 4. The monoisotopic (exact) mass is 852 g/mol. The normalized spacial score (nSPS) is 14.4. The zero-order valence-electron chi connectivity index (χ0n) is 33.1. The van der Waals surface area contributed by atoms with Crippen LogP contribution in [0.1, 0.15) is 79.9 Å². The van der Waals surface area contributed by atoms with Gasteiger partial charge in [0.15, 0.2) is 28.4 Å². The summed E-state index contributed by atoms with van der Waals surface area (Å²) in [6.07, 6.45) is 1.93. The number of carbonyl (C=O) groups is 2. The lowest BCUT2D eigenvalue weighted by molar-refractivity contribution is -0.120. The van der Waals surface area contributed by atoms with Crippen LogP contribution in [0.2, 0.25) is 5.15 Å². The molecule has 0 radical (unpaired) electrons. The molecule has 2 aromatic carbocycles. The van der Waals surface area contributed by atoms with Gasteiger partial charge in [-0.05, 0) is 86.5 Å². The van der Waals surface area contributed by atoms with E-state index in [1.807, 2.05) is 17.0 Å². The van der Waals surface area contributed by atoms with Crippen LogP contribution in [0.15, 0.2) is 41.4 Å². The van der Waals surface area contributed by atoms with Crippen molar-refractivity contribution in [2.24, 2.45) is 16.5 Å². The molecule has 1 heterocycles. The van der Waals surface area contributed by atoms with E-state index in [2.05, 4.69) is 56.8 Å². The van der Waals surface area contributed by atoms with E-state index in [1.54, 1.807) is 0 Å². The predicted octanol–water partition coefficient (Wildman–Crippen LogP) is 1.02. The van der Waals surface area contributed by atoms with E-state index < -0.39 is 48.9 Å². The molecule has 0 aliphatic rings. The van der Waals surface area contributed by atoms with Crippen LogP contribution in [0.4, 0.5) is 11.6 Å². The molecule has 15 N–H and O–H groups in total. The third-order valence-electron chi connectivity index (χ3n) is 9.79. The average Bonchev–Trinajstić information content (AvgIpc) is 3.19. The van der Waals surface area contributed by atoms with Crippen LogP contribution in [-0.2, 0) is 17.6 Å². The number of aromatic nitrogens is 2. The minimum Gasteiger partial charge on any atom is -0.394 e. The number of fused-ring (bicyclic) bond motifs is 1. The van der Waals surface area contributed by atoms with Gasteiger partial charge in [-0.25, -0.2) is 9.97 Å². The fourth-order valence-electron chi connectivity index (χ4n) is 6.53. The van der Waals surface area contributed by atoms with Crippen molar-refractivity contribution in [3.05, 3.63) is 58.4 Å². The van der Waals surface area contributed by atoms with Gasteiger partial charge in [-0.1, -0.05) is 74.2 Å². The quantitative estimate of drug-likeness (QED) is 0.0306. The Morgan fingerprint density at radius 1 is 0.845 bits per heavy atom.